The molecule has 1 aliphatic carbocycles. The standard InChI is InChI=1S/C12H17N5/c1-8-12(9(2)16-15-8)14-6-11-5-13-7-17(11)10-3-4-10/h5,7,10,14H,3-4,6H2,1-2H3,(H,15,16). The third kappa shape index (κ3) is 1.92. The van der Waals surface area contributed by atoms with Crippen LogP contribution in [-0.2, 0) is 6.54 Å². The van der Waals surface area contributed by atoms with Gasteiger partial charge in [-0.15, -0.1) is 0 Å². The quantitative estimate of drug-likeness (QED) is 0.847. The highest BCUT2D eigenvalue weighted by molar-refractivity contribution is 5.51. The van der Waals surface area contributed by atoms with Crippen molar-refractivity contribution in [3.8, 4) is 0 Å². The fraction of sp³-hybridized carbons (Fsp3) is 0.500. The molecule has 0 spiro atoms. The van der Waals surface area contributed by atoms with E-state index in [9.17, 15) is 0 Å². The van der Waals surface area contributed by atoms with Crippen molar-refractivity contribution in [3.05, 3.63) is 29.6 Å². The lowest BCUT2D eigenvalue weighted by Crippen LogP contribution is -2.06. The lowest BCUT2D eigenvalue weighted by molar-refractivity contribution is 0.701. The van der Waals surface area contributed by atoms with E-state index in [0.29, 0.717) is 6.04 Å². The minimum Gasteiger partial charge on any atom is -0.376 e. The van der Waals surface area contributed by atoms with Crippen LogP contribution in [0.3, 0.4) is 0 Å². The number of aromatic nitrogens is 4. The zero-order valence-electron chi connectivity index (χ0n) is 10.2. The fourth-order valence-electron chi connectivity index (χ4n) is 2.14. The molecule has 0 saturated heterocycles. The molecular weight excluding hydrogens is 214 g/mol. The van der Waals surface area contributed by atoms with Crippen molar-refractivity contribution in [1.82, 2.24) is 19.7 Å². The van der Waals surface area contributed by atoms with Crippen molar-refractivity contribution in [3.63, 3.8) is 0 Å². The minimum absolute atomic E-state index is 0.681. The van der Waals surface area contributed by atoms with Crippen LogP contribution in [-0.4, -0.2) is 19.7 Å². The van der Waals surface area contributed by atoms with Crippen LogP contribution in [0.4, 0.5) is 5.69 Å². The van der Waals surface area contributed by atoms with E-state index in [1.54, 1.807) is 0 Å². The summed E-state index contributed by atoms with van der Waals surface area (Å²) >= 11 is 0. The molecule has 1 saturated carbocycles. The largest absolute Gasteiger partial charge is 0.376 e. The predicted octanol–water partition coefficient (Wildman–Crippen LogP) is 2.17. The summed E-state index contributed by atoms with van der Waals surface area (Å²) in [4.78, 5) is 4.23. The number of anilines is 1. The van der Waals surface area contributed by atoms with E-state index in [-0.39, 0.29) is 0 Å². The molecule has 1 aliphatic rings. The first-order chi connectivity index (χ1) is 8.25. The van der Waals surface area contributed by atoms with Gasteiger partial charge in [0, 0.05) is 12.2 Å². The molecule has 0 radical (unpaired) electrons. The summed E-state index contributed by atoms with van der Waals surface area (Å²) in [7, 11) is 0. The Morgan fingerprint density at radius 3 is 2.94 bits per heavy atom. The Morgan fingerprint density at radius 2 is 2.29 bits per heavy atom. The van der Waals surface area contributed by atoms with Crippen LogP contribution in [0.2, 0.25) is 0 Å². The number of nitrogens with zero attached hydrogens (tertiary/aromatic N) is 3. The van der Waals surface area contributed by atoms with Gasteiger partial charge in [0.2, 0.25) is 0 Å². The van der Waals surface area contributed by atoms with Crippen LogP contribution in [0.15, 0.2) is 12.5 Å². The molecule has 0 bridgehead atoms. The highest BCUT2D eigenvalue weighted by Crippen LogP contribution is 2.35. The van der Waals surface area contributed by atoms with E-state index in [1.807, 2.05) is 26.4 Å². The number of nitrogens with one attached hydrogen (secondary N) is 2. The number of hydrogen-bond acceptors (Lipinski definition) is 3. The molecule has 1 fully saturated rings. The van der Waals surface area contributed by atoms with Gasteiger partial charge in [-0.3, -0.25) is 5.10 Å². The SMILES string of the molecule is Cc1n[nH]c(C)c1NCc1cncn1C1CC1. The van der Waals surface area contributed by atoms with Crippen LogP contribution >= 0.6 is 0 Å². The average Bonchev–Trinajstić information content (AvgIpc) is 2.98. The van der Waals surface area contributed by atoms with Gasteiger partial charge in [-0.25, -0.2) is 4.98 Å². The van der Waals surface area contributed by atoms with Crippen molar-refractivity contribution in [1.29, 1.82) is 0 Å². The number of rotatable bonds is 4. The molecule has 3 rings (SSSR count). The average molecular weight is 231 g/mol. The van der Waals surface area contributed by atoms with Gasteiger partial charge in [-0.2, -0.15) is 5.10 Å². The first-order valence-electron chi connectivity index (χ1n) is 6.02. The van der Waals surface area contributed by atoms with Gasteiger partial charge in [-0.05, 0) is 26.7 Å². The van der Waals surface area contributed by atoms with E-state index >= 15 is 0 Å². The van der Waals surface area contributed by atoms with Gasteiger partial charge >= 0.3 is 0 Å². The van der Waals surface area contributed by atoms with Gasteiger partial charge in [0.05, 0.1) is 35.6 Å². The van der Waals surface area contributed by atoms with Gasteiger partial charge in [0.1, 0.15) is 0 Å². The highest BCUT2D eigenvalue weighted by Gasteiger charge is 2.25. The predicted molar refractivity (Wildman–Crippen MR) is 65.9 cm³/mol. The molecule has 0 atom stereocenters. The van der Waals surface area contributed by atoms with Gasteiger partial charge < -0.3 is 9.88 Å². The molecule has 5 heteroatoms. The van der Waals surface area contributed by atoms with Crippen molar-refractivity contribution in [2.24, 2.45) is 0 Å². The minimum atomic E-state index is 0.681. The van der Waals surface area contributed by atoms with E-state index < -0.39 is 0 Å². The van der Waals surface area contributed by atoms with Crippen molar-refractivity contribution in [2.75, 3.05) is 5.32 Å². The number of aromatic amines is 1. The Hall–Kier alpha value is -1.78. The first kappa shape index (κ1) is 10.4. The fourth-order valence-corrected chi connectivity index (χ4v) is 2.14. The number of aryl methyl sites for hydroxylation is 2. The summed E-state index contributed by atoms with van der Waals surface area (Å²) in [6.45, 7) is 4.84. The normalized spacial score (nSPS) is 15.2. The second kappa shape index (κ2) is 3.91. The van der Waals surface area contributed by atoms with Crippen molar-refractivity contribution >= 4 is 5.69 Å². The van der Waals surface area contributed by atoms with E-state index in [2.05, 4.69) is 25.1 Å². The monoisotopic (exact) mass is 231 g/mol. The molecular formula is C12H17N5. The van der Waals surface area contributed by atoms with Gasteiger partial charge in [0.25, 0.3) is 0 Å². The van der Waals surface area contributed by atoms with Crippen LogP contribution < -0.4 is 5.32 Å². The maximum atomic E-state index is 4.23. The molecule has 5 nitrogen and oxygen atoms in total. The lowest BCUT2D eigenvalue weighted by atomic mass is 10.3. The van der Waals surface area contributed by atoms with Crippen LogP contribution in [0.1, 0.15) is 36.0 Å². The third-order valence-corrected chi connectivity index (χ3v) is 3.26. The zero-order chi connectivity index (χ0) is 11.8. The maximum absolute atomic E-state index is 4.23. The Balaban J connectivity index is 1.73. The van der Waals surface area contributed by atoms with Gasteiger partial charge in [-0.1, -0.05) is 0 Å². The Kier molecular flexibility index (Phi) is 2.39. The summed E-state index contributed by atoms with van der Waals surface area (Å²) in [5, 5.41) is 10.6. The molecule has 0 aliphatic heterocycles. The second-order valence-corrected chi connectivity index (χ2v) is 4.69. The maximum Gasteiger partial charge on any atom is 0.0951 e. The van der Waals surface area contributed by atoms with Crippen LogP contribution in [0.5, 0.6) is 0 Å². The first-order valence-corrected chi connectivity index (χ1v) is 6.02. The number of imidazole rings is 1. The molecule has 0 unspecified atom stereocenters. The molecule has 0 aromatic carbocycles. The van der Waals surface area contributed by atoms with E-state index in [1.165, 1.54) is 18.5 Å². The number of hydrogen-bond donors (Lipinski definition) is 2. The van der Waals surface area contributed by atoms with Crippen LogP contribution in [0.25, 0.3) is 0 Å². The zero-order valence-corrected chi connectivity index (χ0v) is 10.2. The molecule has 17 heavy (non-hydrogen) atoms. The summed E-state index contributed by atoms with van der Waals surface area (Å²) < 4.78 is 2.28. The van der Waals surface area contributed by atoms with E-state index in [0.717, 1.165) is 23.6 Å². The van der Waals surface area contributed by atoms with Gasteiger partial charge in [0.15, 0.2) is 0 Å². The highest BCUT2D eigenvalue weighted by atomic mass is 15.2. The lowest BCUT2D eigenvalue weighted by Gasteiger charge is -2.09. The smallest absolute Gasteiger partial charge is 0.0951 e. The topological polar surface area (TPSA) is 58.5 Å². The Morgan fingerprint density at radius 1 is 1.47 bits per heavy atom. The molecule has 2 aromatic rings. The molecule has 0 amide bonds. The number of H-pyrrole nitrogens is 1. The summed E-state index contributed by atoms with van der Waals surface area (Å²) in [6.07, 6.45) is 6.44. The Labute approximate surface area is 100 Å². The molecule has 90 valence electrons. The van der Waals surface area contributed by atoms with Crippen molar-refractivity contribution < 1.29 is 0 Å². The third-order valence-electron chi connectivity index (χ3n) is 3.26. The molecule has 2 aromatic heterocycles. The summed E-state index contributed by atoms with van der Waals surface area (Å²) in [6, 6.07) is 0.681. The van der Waals surface area contributed by atoms with E-state index in [4.69, 9.17) is 0 Å². The summed E-state index contributed by atoms with van der Waals surface area (Å²) in [5.41, 5.74) is 4.45. The Bertz CT molecular complexity index is 501. The summed E-state index contributed by atoms with van der Waals surface area (Å²) in [5.74, 6) is 0. The second-order valence-electron chi connectivity index (χ2n) is 4.69. The van der Waals surface area contributed by atoms with Crippen LogP contribution in [0, 0.1) is 13.8 Å². The molecule has 2 heterocycles. The molecule has 2 N–H and O–H groups in total. The van der Waals surface area contributed by atoms with Crippen molar-refractivity contribution in [2.45, 2.75) is 39.3 Å².